The lowest BCUT2D eigenvalue weighted by Crippen LogP contribution is -2.45. The van der Waals surface area contributed by atoms with Gasteiger partial charge in [0, 0.05) is 0 Å². The third kappa shape index (κ3) is 7.10. The fraction of sp³-hybridized carbons (Fsp3) is 0.417. The van der Waals surface area contributed by atoms with Gasteiger partial charge in [0.05, 0.1) is 0 Å². The minimum atomic E-state index is -0.450. The number of carbonyl (C=O) groups excluding carboxylic acids is 2. The Morgan fingerprint density at radius 2 is 1.37 bits per heavy atom. The van der Waals surface area contributed by atoms with Crippen molar-refractivity contribution < 1.29 is 19.1 Å². The molecule has 6 heteroatoms. The molecule has 0 spiro atoms. The first-order valence-corrected chi connectivity index (χ1v) is 10.5. The lowest BCUT2D eigenvalue weighted by atomic mass is 9.98. The number of rotatable bonds is 10. The minimum absolute atomic E-state index is 0.189. The van der Waals surface area contributed by atoms with E-state index in [-0.39, 0.29) is 13.2 Å². The van der Waals surface area contributed by atoms with Gasteiger partial charge in [-0.2, -0.15) is 0 Å². The van der Waals surface area contributed by atoms with Gasteiger partial charge >= 0.3 is 0 Å². The molecule has 2 atom stereocenters. The van der Waals surface area contributed by atoms with E-state index in [1.807, 2.05) is 48.5 Å². The predicted molar refractivity (Wildman–Crippen MR) is 118 cm³/mol. The van der Waals surface area contributed by atoms with Crippen LogP contribution in [0.5, 0.6) is 11.5 Å². The summed E-state index contributed by atoms with van der Waals surface area (Å²) in [6, 6.07) is 15.3. The van der Waals surface area contributed by atoms with Crippen molar-refractivity contribution in [2.75, 3.05) is 13.2 Å². The molecule has 2 aromatic carbocycles. The minimum Gasteiger partial charge on any atom is -0.484 e. The van der Waals surface area contributed by atoms with Crippen LogP contribution in [0, 0.1) is 0 Å². The van der Waals surface area contributed by atoms with E-state index in [0.717, 1.165) is 18.4 Å². The normalized spacial score (nSPS) is 12.5. The number of ether oxygens (including phenoxy) is 2. The number of amides is 2. The molecule has 30 heavy (non-hydrogen) atoms. The number of carbonyl (C=O) groups is 2. The van der Waals surface area contributed by atoms with Crippen molar-refractivity contribution >= 4 is 11.8 Å². The predicted octanol–water partition coefficient (Wildman–Crippen LogP) is 4.32. The van der Waals surface area contributed by atoms with Crippen LogP contribution in [0.2, 0.25) is 0 Å². The van der Waals surface area contributed by atoms with Gasteiger partial charge in [0.15, 0.2) is 13.2 Å². The van der Waals surface area contributed by atoms with Gasteiger partial charge in [-0.3, -0.25) is 20.4 Å². The van der Waals surface area contributed by atoms with Gasteiger partial charge in [0.25, 0.3) is 11.8 Å². The van der Waals surface area contributed by atoms with Crippen LogP contribution < -0.4 is 20.3 Å². The molecule has 0 aliphatic heterocycles. The molecular weight excluding hydrogens is 380 g/mol. The summed E-state index contributed by atoms with van der Waals surface area (Å²) in [5, 5.41) is 0. The van der Waals surface area contributed by atoms with Crippen LogP contribution in [0.25, 0.3) is 0 Å². The number of hydrogen-bond donors (Lipinski definition) is 2. The fourth-order valence-corrected chi connectivity index (χ4v) is 2.87. The van der Waals surface area contributed by atoms with Crippen LogP contribution in [-0.2, 0) is 9.59 Å². The quantitative estimate of drug-likeness (QED) is 0.570. The zero-order chi connectivity index (χ0) is 21.9. The summed E-state index contributed by atoms with van der Waals surface area (Å²) in [6.07, 6.45) is 2.04. The SMILES string of the molecule is CCC(C)c1ccc(OCC(=O)NNC(=O)COc2ccccc2C(C)CC)cc1. The number of benzene rings is 2. The molecule has 0 bridgehead atoms. The second-order valence-corrected chi connectivity index (χ2v) is 7.40. The Labute approximate surface area is 178 Å². The molecule has 162 valence electrons. The Kier molecular flexibility index (Phi) is 9.19. The summed E-state index contributed by atoms with van der Waals surface area (Å²) in [5.41, 5.74) is 6.97. The third-order valence-corrected chi connectivity index (χ3v) is 5.19. The monoisotopic (exact) mass is 412 g/mol. The second-order valence-electron chi connectivity index (χ2n) is 7.40. The Bertz CT molecular complexity index is 820. The van der Waals surface area contributed by atoms with E-state index in [1.165, 1.54) is 5.56 Å². The van der Waals surface area contributed by atoms with Crippen molar-refractivity contribution in [1.82, 2.24) is 10.9 Å². The zero-order valence-electron chi connectivity index (χ0n) is 18.2. The topological polar surface area (TPSA) is 76.7 Å². The van der Waals surface area contributed by atoms with Crippen molar-refractivity contribution in [3.05, 3.63) is 59.7 Å². The van der Waals surface area contributed by atoms with E-state index >= 15 is 0 Å². The summed E-state index contributed by atoms with van der Waals surface area (Å²) in [6.45, 7) is 8.14. The van der Waals surface area contributed by atoms with Crippen molar-refractivity contribution in [3.63, 3.8) is 0 Å². The second kappa shape index (κ2) is 11.9. The van der Waals surface area contributed by atoms with Crippen LogP contribution >= 0.6 is 0 Å². The lowest BCUT2D eigenvalue weighted by Gasteiger charge is -2.15. The van der Waals surface area contributed by atoms with Crippen molar-refractivity contribution in [2.24, 2.45) is 0 Å². The average Bonchev–Trinajstić information content (AvgIpc) is 2.79. The summed E-state index contributed by atoms with van der Waals surface area (Å²) in [4.78, 5) is 23.9. The van der Waals surface area contributed by atoms with Gasteiger partial charge in [-0.05, 0) is 54.0 Å². The lowest BCUT2D eigenvalue weighted by molar-refractivity contribution is -0.131. The fourth-order valence-electron chi connectivity index (χ4n) is 2.87. The Balaban J connectivity index is 1.73. The van der Waals surface area contributed by atoms with Crippen molar-refractivity contribution in [2.45, 2.75) is 52.4 Å². The molecule has 2 unspecified atom stereocenters. The summed E-state index contributed by atoms with van der Waals surface area (Å²) in [7, 11) is 0. The molecule has 2 N–H and O–H groups in total. The number of para-hydroxylation sites is 1. The Morgan fingerprint density at radius 1 is 0.800 bits per heavy atom. The highest BCUT2D eigenvalue weighted by Gasteiger charge is 2.12. The standard InChI is InChI=1S/C24H32N2O4/c1-5-17(3)19-11-13-20(14-12-19)29-15-23(27)25-26-24(28)16-30-22-10-8-7-9-21(22)18(4)6-2/h7-14,17-18H,5-6,15-16H2,1-4H3,(H,25,27)(H,26,28). The Morgan fingerprint density at radius 3 is 1.97 bits per heavy atom. The van der Waals surface area contributed by atoms with Crippen LogP contribution in [0.15, 0.2) is 48.5 Å². The molecule has 0 aromatic heterocycles. The van der Waals surface area contributed by atoms with E-state index in [9.17, 15) is 9.59 Å². The molecule has 0 fully saturated rings. The number of hydrazine groups is 1. The first kappa shape index (κ1) is 23.3. The highest BCUT2D eigenvalue weighted by atomic mass is 16.5. The average molecular weight is 413 g/mol. The highest BCUT2D eigenvalue weighted by Crippen LogP contribution is 2.28. The van der Waals surface area contributed by atoms with Crippen LogP contribution in [0.4, 0.5) is 0 Å². The van der Waals surface area contributed by atoms with Gasteiger partial charge in [0.1, 0.15) is 11.5 Å². The van der Waals surface area contributed by atoms with Crippen LogP contribution in [0.3, 0.4) is 0 Å². The first-order chi connectivity index (χ1) is 14.4. The summed E-state index contributed by atoms with van der Waals surface area (Å²) in [5.74, 6) is 1.21. The maximum atomic E-state index is 12.0. The molecule has 0 saturated carbocycles. The van der Waals surface area contributed by atoms with E-state index in [1.54, 1.807) is 0 Å². The first-order valence-electron chi connectivity index (χ1n) is 10.5. The van der Waals surface area contributed by atoms with Gasteiger partial charge < -0.3 is 9.47 Å². The van der Waals surface area contributed by atoms with E-state index < -0.39 is 11.8 Å². The molecule has 2 rings (SSSR count). The van der Waals surface area contributed by atoms with Crippen LogP contribution in [0.1, 0.15) is 63.5 Å². The number of hydrogen-bond acceptors (Lipinski definition) is 4. The summed E-state index contributed by atoms with van der Waals surface area (Å²) >= 11 is 0. The van der Waals surface area contributed by atoms with E-state index in [0.29, 0.717) is 23.3 Å². The smallest absolute Gasteiger partial charge is 0.276 e. The molecule has 0 heterocycles. The largest absolute Gasteiger partial charge is 0.484 e. The zero-order valence-corrected chi connectivity index (χ0v) is 18.2. The molecule has 2 aromatic rings. The highest BCUT2D eigenvalue weighted by molar-refractivity contribution is 5.83. The van der Waals surface area contributed by atoms with E-state index in [4.69, 9.17) is 9.47 Å². The molecule has 0 saturated heterocycles. The van der Waals surface area contributed by atoms with Gasteiger partial charge in [-0.1, -0.05) is 58.0 Å². The maximum absolute atomic E-state index is 12.0. The molecule has 2 amide bonds. The molecule has 0 aliphatic carbocycles. The van der Waals surface area contributed by atoms with Crippen molar-refractivity contribution in [3.8, 4) is 11.5 Å². The maximum Gasteiger partial charge on any atom is 0.276 e. The molecular formula is C24H32N2O4. The Hall–Kier alpha value is -3.02. The summed E-state index contributed by atoms with van der Waals surface area (Å²) < 4.78 is 11.1. The third-order valence-electron chi connectivity index (χ3n) is 5.19. The molecule has 0 radical (unpaired) electrons. The van der Waals surface area contributed by atoms with Gasteiger partial charge in [0.2, 0.25) is 0 Å². The van der Waals surface area contributed by atoms with E-state index in [2.05, 4.69) is 38.5 Å². The number of nitrogens with one attached hydrogen (secondary N) is 2. The van der Waals surface area contributed by atoms with Crippen molar-refractivity contribution in [1.29, 1.82) is 0 Å². The van der Waals surface area contributed by atoms with Gasteiger partial charge in [-0.15, -0.1) is 0 Å². The van der Waals surface area contributed by atoms with Gasteiger partial charge in [-0.25, -0.2) is 0 Å². The molecule has 0 aliphatic rings. The van der Waals surface area contributed by atoms with Crippen LogP contribution in [-0.4, -0.2) is 25.0 Å². The molecule has 6 nitrogen and oxygen atoms in total.